The fourth-order valence-corrected chi connectivity index (χ4v) is 2.94. The third-order valence-electron chi connectivity index (χ3n) is 4.37. The van der Waals surface area contributed by atoms with Crippen LogP contribution < -0.4 is 0 Å². The molecule has 2 aliphatic heterocycles. The Morgan fingerprint density at radius 2 is 1.27 bits per heavy atom. The first kappa shape index (κ1) is 21.9. The zero-order chi connectivity index (χ0) is 19.6. The van der Waals surface area contributed by atoms with Crippen LogP contribution in [0.25, 0.3) is 0 Å². The third kappa shape index (κ3) is 4.51. The molecule has 0 spiro atoms. The van der Waals surface area contributed by atoms with Crippen molar-refractivity contribution in [2.75, 3.05) is 13.2 Å². The molecule has 26 heavy (non-hydrogen) atoms. The first-order valence-corrected chi connectivity index (χ1v) is 8.45. The van der Waals surface area contributed by atoms with Crippen LogP contribution in [0.2, 0.25) is 0 Å². The molecule has 0 aromatic heterocycles. The summed E-state index contributed by atoms with van der Waals surface area (Å²) < 4.78 is 21.4. The Balaban J connectivity index is 2.11. The summed E-state index contributed by atoms with van der Waals surface area (Å²) in [5, 5.41) is 68.8. The van der Waals surface area contributed by atoms with Crippen LogP contribution in [0.3, 0.4) is 0 Å². The van der Waals surface area contributed by atoms with Crippen molar-refractivity contribution in [3.8, 4) is 0 Å². The van der Waals surface area contributed by atoms with Gasteiger partial charge in [0.25, 0.3) is 0 Å². The Morgan fingerprint density at radius 1 is 0.731 bits per heavy atom. The lowest BCUT2D eigenvalue weighted by Crippen LogP contribution is -2.64. The van der Waals surface area contributed by atoms with Gasteiger partial charge in [0.1, 0.15) is 48.8 Å². The van der Waals surface area contributed by atoms with E-state index in [0.717, 1.165) is 0 Å². The summed E-state index contributed by atoms with van der Waals surface area (Å²) >= 11 is 0. The van der Waals surface area contributed by atoms with Gasteiger partial charge in [-0.15, -0.1) is 0 Å². The van der Waals surface area contributed by atoms with Gasteiger partial charge in [0.2, 0.25) is 0 Å². The van der Waals surface area contributed by atoms with E-state index in [1.807, 2.05) is 0 Å². The molecule has 4 unspecified atom stereocenters. The van der Waals surface area contributed by atoms with Crippen LogP contribution in [0.1, 0.15) is 13.8 Å². The molecule has 11 heteroatoms. The molecule has 2 fully saturated rings. The van der Waals surface area contributed by atoms with Crippen molar-refractivity contribution in [3.05, 3.63) is 0 Å². The van der Waals surface area contributed by atoms with E-state index in [1.165, 1.54) is 0 Å². The fraction of sp³-hybridized carbons (Fsp3) is 1.00. The predicted octanol–water partition coefficient (Wildman–Crippen LogP) is -3.96. The van der Waals surface area contributed by atoms with Gasteiger partial charge in [-0.1, -0.05) is 0 Å². The molecular formula is C15H28O11. The molecule has 0 amide bonds. The molecule has 154 valence electrons. The number of hydrogen-bond donors (Lipinski definition) is 7. The Hall–Kier alpha value is -0.440. The van der Waals surface area contributed by atoms with E-state index in [1.54, 1.807) is 13.8 Å². The lowest BCUT2D eigenvalue weighted by Gasteiger charge is -2.46. The van der Waals surface area contributed by atoms with Crippen LogP contribution in [0, 0.1) is 0 Å². The second kappa shape index (κ2) is 9.17. The molecular weight excluding hydrogens is 356 g/mol. The van der Waals surface area contributed by atoms with Crippen molar-refractivity contribution in [2.24, 2.45) is 0 Å². The molecule has 0 aromatic carbocycles. The van der Waals surface area contributed by atoms with Gasteiger partial charge in [0, 0.05) is 0 Å². The third-order valence-corrected chi connectivity index (χ3v) is 4.37. The van der Waals surface area contributed by atoms with Crippen molar-refractivity contribution < 1.29 is 54.7 Å². The van der Waals surface area contributed by atoms with E-state index < -0.39 is 74.6 Å². The van der Waals surface area contributed by atoms with E-state index in [9.17, 15) is 35.7 Å². The number of ether oxygens (including phenoxy) is 4. The van der Waals surface area contributed by atoms with Crippen molar-refractivity contribution >= 4 is 0 Å². The molecule has 0 saturated carbocycles. The molecule has 0 bridgehead atoms. The molecule has 0 radical (unpaired) electrons. The quantitative estimate of drug-likeness (QED) is 0.237. The minimum absolute atomic E-state index is 0.316. The number of rotatable bonds is 6. The van der Waals surface area contributed by atoms with Crippen molar-refractivity contribution in [2.45, 2.75) is 81.4 Å². The molecule has 10 atom stereocenters. The summed E-state index contributed by atoms with van der Waals surface area (Å²) in [6.07, 6.45) is -14.7. The normalized spacial score (nSPS) is 47.3. The molecule has 2 rings (SSSR count). The van der Waals surface area contributed by atoms with Crippen LogP contribution in [-0.4, -0.2) is 116 Å². The summed E-state index contributed by atoms with van der Waals surface area (Å²) in [6, 6.07) is 0. The SMILES string of the molecule is CC(C)O[C@@H]1OC(CO)[C@H](O[C@@H]2OC(CO)[C@H](O)[C@H](O)C2O)[C@H](O)C1O. The summed E-state index contributed by atoms with van der Waals surface area (Å²) in [7, 11) is 0. The highest BCUT2D eigenvalue weighted by Gasteiger charge is 2.50. The largest absolute Gasteiger partial charge is 0.394 e. The maximum absolute atomic E-state index is 10.3. The minimum Gasteiger partial charge on any atom is -0.394 e. The highest BCUT2D eigenvalue weighted by molar-refractivity contribution is 4.94. The first-order valence-electron chi connectivity index (χ1n) is 8.45. The Morgan fingerprint density at radius 3 is 1.81 bits per heavy atom. The monoisotopic (exact) mass is 384 g/mol. The van der Waals surface area contributed by atoms with E-state index in [2.05, 4.69) is 0 Å². The highest BCUT2D eigenvalue weighted by atomic mass is 16.7. The molecule has 7 N–H and O–H groups in total. The van der Waals surface area contributed by atoms with Crippen LogP contribution in [0.15, 0.2) is 0 Å². The summed E-state index contributed by atoms with van der Waals surface area (Å²) in [5.41, 5.74) is 0. The molecule has 2 heterocycles. The van der Waals surface area contributed by atoms with Crippen molar-refractivity contribution in [3.63, 3.8) is 0 Å². The molecule has 11 nitrogen and oxygen atoms in total. The summed E-state index contributed by atoms with van der Waals surface area (Å²) in [6.45, 7) is 2.16. The van der Waals surface area contributed by atoms with Gasteiger partial charge in [-0.3, -0.25) is 0 Å². The fourth-order valence-electron chi connectivity index (χ4n) is 2.94. The van der Waals surface area contributed by atoms with Gasteiger partial charge in [-0.05, 0) is 13.8 Å². The lowest BCUT2D eigenvalue weighted by molar-refractivity contribution is -0.361. The van der Waals surface area contributed by atoms with Gasteiger partial charge >= 0.3 is 0 Å². The summed E-state index contributed by atoms with van der Waals surface area (Å²) in [4.78, 5) is 0. The minimum atomic E-state index is -1.69. The Labute approximate surface area is 150 Å². The van der Waals surface area contributed by atoms with Gasteiger partial charge in [0.15, 0.2) is 12.6 Å². The number of aliphatic hydroxyl groups excluding tert-OH is 7. The second-order valence-corrected chi connectivity index (χ2v) is 6.69. The lowest BCUT2D eigenvalue weighted by atomic mass is 9.97. The standard InChI is InChI=1S/C15H28O11/c1-5(2)23-14-12(22)10(20)13(7(4-17)25-14)26-15-11(21)9(19)8(18)6(3-16)24-15/h5-22H,3-4H2,1-2H3/t6?,7?,8-,9-,10+,11?,12?,13-,14+,15-/m0/s1. The van der Waals surface area contributed by atoms with Gasteiger partial charge < -0.3 is 54.7 Å². The van der Waals surface area contributed by atoms with Gasteiger partial charge in [-0.2, -0.15) is 0 Å². The Bertz CT molecular complexity index is 432. The molecule has 2 saturated heterocycles. The number of hydrogen-bond acceptors (Lipinski definition) is 11. The smallest absolute Gasteiger partial charge is 0.187 e. The first-order chi connectivity index (χ1) is 12.2. The molecule has 0 aliphatic carbocycles. The maximum atomic E-state index is 10.3. The molecule has 2 aliphatic rings. The maximum Gasteiger partial charge on any atom is 0.187 e. The van der Waals surface area contributed by atoms with Gasteiger partial charge in [-0.25, -0.2) is 0 Å². The van der Waals surface area contributed by atoms with E-state index >= 15 is 0 Å². The van der Waals surface area contributed by atoms with Crippen LogP contribution in [-0.2, 0) is 18.9 Å². The Kier molecular flexibility index (Phi) is 7.71. The average Bonchev–Trinajstić information content (AvgIpc) is 2.60. The van der Waals surface area contributed by atoms with Crippen molar-refractivity contribution in [1.29, 1.82) is 0 Å². The van der Waals surface area contributed by atoms with Gasteiger partial charge in [0.05, 0.1) is 19.3 Å². The van der Waals surface area contributed by atoms with Crippen LogP contribution in [0.5, 0.6) is 0 Å². The van der Waals surface area contributed by atoms with Crippen LogP contribution in [0.4, 0.5) is 0 Å². The van der Waals surface area contributed by atoms with E-state index in [-0.39, 0.29) is 6.10 Å². The predicted molar refractivity (Wildman–Crippen MR) is 82.6 cm³/mol. The molecule has 0 aromatic rings. The summed E-state index contributed by atoms with van der Waals surface area (Å²) in [5.74, 6) is 0. The highest BCUT2D eigenvalue weighted by Crippen LogP contribution is 2.29. The topological polar surface area (TPSA) is 179 Å². The van der Waals surface area contributed by atoms with E-state index in [4.69, 9.17) is 18.9 Å². The van der Waals surface area contributed by atoms with Crippen molar-refractivity contribution in [1.82, 2.24) is 0 Å². The van der Waals surface area contributed by atoms with Crippen LogP contribution >= 0.6 is 0 Å². The number of aliphatic hydroxyl groups is 7. The second-order valence-electron chi connectivity index (χ2n) is 6.69. The zero-order valence-corrected chi connectivity index (χ0v) is 14.5. The van der Waals surface area contributed by atoms with E-state index in [0.29, 0.717) is 0 Å². The average molecular weight is 384 g/mol. The zero-order valence-electron chi connectivity index (χ0n) is 14.5.